The van der Waals surface area contributed by atoms with Gasteiger partial charge in [-0.15, -0.1) is 37.1 Å². The summed E-state index contributed by atoms with van der Waals surface area (Å²) < 4.78 is 66.9. The van der Waals surface area contributed by atoms with Gasteiger partial charge in [-0.3, -0.25) is 4.31 Å². The van der Waals surface area contributed by atoms with Gasteiger partial charge in [0.25, 0.3) is 0 Å². The van der Waals surface area contributed by atoms with Gasteiger partial charge in [0, 0.05) is 13.1 Å². The second kappa shape index (κ2) is 10.4. The smallest absolute Gasteiger partial charge is 0.406 e. The molecule has 0 aromatic heterocycles. The number of halogens is 4. The van der Waals surface area contributed by atoms with Crippen molar-refractivity contribution in [1.82, 2.24) is 5.32 Å². The number of nitrogens with zero attached hydrogens (tertiary/aromatic N) is 2. The molecular formula is C19H22F3IN4O3S. The predicted molar refractivity (Wildman–Crippen MR) is 123 cm³/mol. The zero-order valence-corrected chi connectivity index (χ0v) is 19.4. The molecule has 1 aliphatic heterocycles. The fraction of sp³-hybridized carbons (Fsp3) is 0.316. The van der Waals surface area contributed by atoms with Crippen molar-refractivity contribution in [2.75, 3.05) is 23.1 Å². The molecule has 3 rings (SSSR count). The molecule has 0 radical (unpaired) electrons. The lowest BCUT2D eigenvalue weighted by molar-refractivity contribution is -0.274. The molecule has 170 valence electrons. The van der Waals surface area contributed by atoms with Gasteiger partial charge in [0.15, 0.2) is 5.96 Å². The molecule has 0 unspecified atom stereocenters. The van der Waals surface area contributed by atoms with Crippen LogP contribution in [0.5, 0.6) is 5.75 Å². The number of aliphatic imine (C=N–C) groups is 1. The molecule has 0 amide bonds. The topological polar surface area (TPSA) is 97.0 Å². The summed E-state index contributed by atoms with van der Waals surface area (Å²) in [7, 11) is -3.50. The Kier molecular flexibility index (Phi) is 8.40. The summed E-state index contributed by atoms with van der Waals surface area (Å²) in [6.07, 6.45) is -4.06. The Morgan fingerprint density at radius 2 is 1.84 bits per heavy atom. The zero-order chi connectivity index (χ0) is 21.8. The van der Waals surface area contributed by atoms with E-state index in [1.54, 1.807) is 12.1 Å². The molecule has 0 atom stereocenters. The van der Waals surface area contributed by atoms with Gasteiger partial charge in [0.1, 0.15) is 5.75 Å². The molecule has 0 saturated carbocycles. The van der Waals surface area contributed by atoms with E-state index in [4.69, 9.17) is 5.73 Å². The Hall–Kier alpha value is -2.22. The molecule has 12 heteroatoms. The van der Waals surface area contributed by atoms with Gasteiger partial charge in [-0.1, -0.05) is 30.3 Å². The zero-order valence-electron chi connectivity index (χ0n) is 16.3. The van der Waals surface area contributed by atoms with Crippen molar-refractivity contribution >= 4 is 45.6 Å². The highest BCUT2D eigenvalue weighted by Crippen LogP contribution is 2.29. The Bertz CT molecular complexity index is 1010. The van der Waals surface area contributed by atoms with Crippen LogP contribution in [0, 0.1) is 0 Å². The molecule has 3 N–H and O–H groups in total. The van der Waals surface area contributed by atoms with E-state index in [-0.39, 0.29) is 54.5 Å². The Morgan fingerprint density at radius 3 is 2.52 bits per heavy atom. The highest BCUT2D eigenvalue weighted by Gasteiger charge is 2.31. The third-order valence-corrected chi connectivity index (χ3v) is 6.21. The van der Waals surface area contributed by atoms with E-state index < -0.39 is 16.4 Å². The quantitative estimate of drug-likeness (QED) is 0.303. The highest BCUT2D eigenvalue weighted by molar-refractivity contribution is 14.0. The number of anilines is 1. The van der Waals surface area contributed by atoms with E-state index >= 15 is 0 Å². The van der Waals surface area contributed by atoms with Crippen LogP contribution in [0.15, 0.2) is 53.5 Å². The molecule has 0 saturated heterocycles. The Labute approximate surface area is 195 Å². The summed E-state index contributed by atoms with van der Waals surface area (Å²) in [6, 6.07) is 12.6. The van der Waals surface area contributed by atoms with Gasteiger partial charge in [0.2, 0.25) is 10.0 Å². The molecular weight excluding hydrogens is 548 g/mol. The maximum atomic E-state index is 12.6. The van der Waals surface area contributed by atoms with E-state index in [9.17, 15) is 21.6 Å². The number of para-hydroxylation sites is 1. The third-order valence-electron chi connectivity index (χ3n) is 4.44. The number of nitrogens with two attached hydrogens (primary N) is 1. The normalized spacial score (nSPS) is 14.0. The standard InChI is InChI=1S/C19H21F3N4O3S.HI/c20-19(21,22)29-16-7-5-14(6-8-16)13-25-18(23)24-10-12-30(27,28)26-11-9-15-3-1-2-4-17(15)26;/h1-8H,9-13H2,(H3,23,24,25);1H. The van der Waals surface area contributed by atoms with E-state index in [0.717, 1.165) is 5.56 Å². The van der Waals surface area contributed by atoms with Crippen LogP contribution < -0.4 is 20.1 Å². The molecule has 0 bridgehead atoms. The summed E-state index contributed by atoms with van der Waals surface area (Å²) in [5.74, 6) is -0.432. The van der Waals surface area contributed by atoms with Crippen molar-refractivity contribution in [3.8, 4) is 5.75 Å². The lowest BCUT2D eigenvalue weighted by Gasteiger charge is -2.19. The van der Waals surface area contributed by atoms with Crippen LogP contribution in [0.2, 0.25) is 0 Å². The van der Waals surface area contributed by atoms with Crippen LogP contribution in [-0.4, -0.2) is 39.6 Å². The minimum atomic E-state index is -4.74. The van der Waals surface area contributed by atoms with E-state index in [2.05, 4.69) is 15.0 Å². The van der Waals surface area contributed by atoms with Crippen LogP contribution in [-0.2, 0) is 23.0 Å². The average molecular weight is 570 g/mol. The minimum Gasteiger partial charge on any atom is -0.406 e. The second-order valence-corrected chi connectivity index (χ2v) is 8.60. The van der Waals surface area contributed by atoms with Crippen LogP contribution in [0.3, 0.4) is 0 Å². The number of nitrogens with one attached hydrogen (secondary N) is 1. The molecule has 0 spiro atoms. The first kappa shape index (κ1) is 25.0. The largest absolute Gasteiger partial charge is 0.573 e. The fourth-order valence-corrected chi connectivity index (χ4v) is 4.47. The molecule has 31 heavy (non-hydrogen) atoms. The van der Waals surface area contributed by atoms with E-state index in [0.29, 0.717) is 24.2 Å². The summed E-state index contributed by atoms with van der Waals surface area (Å²) in [4.78, 5) is 4.06. The average Bonchev–Trinajstić information content (AvgIpc) is 3.11. The summed E-state index contributed by atoms with van der Waals surface area (Å²) in [6.45, 7) is 0.616. The van der Waals surface area contributed by atoms with Crippen molar-refractivity contribution in [3.05, 3.63) is 59.7 Å². The number of hydrogen-bond acceptors (Lipinski definition) is 4. The molecule has 2 aromatic carbocycles. The number of sulfonamides is 1. The van der Waals surface area contributed by atoms with E-state index in [1.807, 2.05) is 12.1 Å². The molecule has 1 aliphatic rings. The van der Waals surface area contributed by atoms with Crippen LogP contribution in [0.25, 0.3) is 0 Å². The Morgan fingerprint density at radius 1 is 1.16 bits per heavy atom. The maximum absolute atomic E-state index is 12.6. The Balaban J connectivity index is 0.00000341. The monoisotopic (exact) mass is 570 g/mol. The number of benzene rings is 2. The molecule has 7 nitrogen and oxygen atoms in total. The van der Waals surface area contributed by atoms with Crippen LogP contribution in [0.4, 0.5) is 18.9 Å². The third kappa shape index (κ3) is 7.16. The minimum absolute atomic E-state index is 0. The fourth-order valence-electron chi connectivity index (χ4n) is 3.04. The number of alkyl halides is 3. The van der Waals surface area contributed by atoms with Crippen molar-refractivity contribution in [1.29, 1.82) is 0 Å². The maximum Gasteiger partial charge on any atom is 0.573 e. The molecule has 1 heterocycles. The second-order valence-electron chi connectivity index (χ2n) is 6.59. The van der Waals surface area contributed by atoms with Crippen molar-refractivity contribution in [2.24, 2.45) is 10.7 Å². The molecule has 2 aromatic rings. The predicted octanol–water partition coefficient (Wildman–Crippen LogP) is 3.00. The number of hydrogen-bond donors (Lipinski definition) is 2. The van der Waals surface area contributed by atoms with Crippen LogP contribution in [0.1, 0.15) is 11.1 Å². The lowest BCUT2D eigenvalue weighted by atomic mass is 10.2. The van der Waals surface area contributed by atoms with Gasteiger partial charge in [-0.05, 0) is 35.7 Å². The lowest BCUT2D eigenvalue weighted by Crippen LogP contribution is -2.39. The summed E-state index contributed by atoms with van der Waals surface area (Å²) in [5, 5.41) is 2.75. The van der Waals surface area contributed by atoms with Gasteiger partial charge in [0.05, 0.1) is 18.0 Å². The molecule has 0 fully saturated rings. The number of rotatable bonds is 7. The van der Waals surface area contributed by atoms with Gasteiger partial charge in [-0.2, -0.15) is 0 Å². The van der Waals surface area contributed by atoms with Crippen molar-refractivity contribution < 1.29 is 26.3 Å². The first-order valence-corrected chi connectivity index (χ1v) is 10.7. The SMILES string of the molecule is I.NC(=NCc1ccc(OC(F)(F)F)cc1)NCCS(=O)(=O)N1CCc2ccccc21. The first-order chi connectivity index (χ1) is 14.1. The van der Waals surface area contributed by atoms with Gasteiger partial charge >= 0.3 is 6.36 Å². The van der Waals surface area contributed by atoms with Crippen LogP contribution >= 0.6 is 24.0 Å². The van der Waals surface area contributed by atoms with E-state index in [1.165, 1.54) is 28.6 Å². The number of fused-ring (bicyclic) bond motifs is 1. The summed E-state index contributed by atoms with van der Waals surface area (Å²) in [5.41, 5.74) is 8.08. The number of guanidine groups is 1. The highest BCUT2D eigenvalue weighted by atomic mass is 127. The van der Waals surface area contributed by atoms with Gasteiger partial charge in [-0.25, -0.2) is 13.4 Å². The molecule has 0 aliphatic carbocycles. The number of ether oxygens (including phenoxy) is 1. The first-order valence-electron chi connectivity index (χ1n) is 9.11. The van der Waals surface area contributed by atoms with Gasteiger partial charge < -0.3 is 15.8 Å². The summed E-state index contributed by atoms with van der Waals surface area (Å²) >= 11 is 0. The van der Waals surface area contributed by atoms with Crippen molar-refractivity contribution in [3.63, 3.8) is 0 Å². The van der Waals surface area contributed by atoms with Crippen molar-refractivity contribution in [2.45, 2.75) is 19.3 Å².